The average Bonchev–Trinajstić information content (AvgIpc) is 2.47. The summed E-state index contributed by atoms with van der Waals surface area (Å²) >= 11 is 3.59. The molecule has 1 aliphatic heterocycles. The Morgan fingerprint density at radius 2 is 2.00 bits per heavy atom. The Balaban J connectivity index is 0.00000220. The number of hydrogen-bond donors (Lipinski definition) is 1. The van der Waals surface area contributed by atoms with E-state index in [0.717, 1.165) is 51.7 Å². The lowest BCUT2D eigenvalue weighted by Gasteiger charge is -2.29. The van der Waals surface area contributed by atoms with Gasteiger partial charge in [-0.3, -0.25) is 4.79 Å². The summed E-state index contributed by atoms with van der Waals surface area (Å²) in [4.78, 5) is 14.2. The third-order valence-electron chi connectivity index (χ3n) is 3.91. The van der Waals surface area contributed by atoms with Crippen molar-refractivity contribution in [2.75, 3.05) is 13.1 Å². The van der Waals surface area contributed by atoms with E-state index in [-0.39, 0.29) is 12.4 Å². The minimum absolute atomic E-state index is 0. The van der Waals surface area contributed by atoms with Crippen LogP contribution in [0.2, 0.25) is 0 Å². The number of amides is 1. The summed E-state index contributed by atoms with van der Waals surface area (Å²) < 4.78 is 1.17. The molecule has 21 heavy (non-hydrogen) atoms. The Morgan fingerprint density at radius 1 is 1.24 bits per heavy atom. The van der Waals surface area contributed by atoms with Crippen molar-refractivity contribution in [3.8, 4) is 0 Å². The van der Waals surface area contributed by atoms with Gasteiger partial charge in [0.1, 0.15) is 0 Å². The Labute approximate surface area is 141 Å². The highest BCUT2D eigenvalue weighted by atomic mass is 79.9. The lowest BCUT2D eigenvalue weighted by Crippen LogP contribution is -2.35. The Hall–Kier alpha value is -0.580. The molecule has 1 aromatic carbocycles. The second-order valence-corrected chi connectivity index (χ2v) is 6.25. The maximum absolute atomic E-state index is 12.2. The van der Waals surface area contributed by atoms with Crippen molar-refractivity contribution in [2.45, 2.75) is 45.1 Å². The van der Waals surface area contributed by atoms with Crippen LogP contribution in [0.1, 0.15) is 43.2 Å². The normalized spacial score (nSPS) is 13.5. The van der Waals surface area contributed by atoms with Gasteiger partial charge in [-0.1, -0.05) is 40.9 Å². The molecule has 0 aromatic heterocycles. The summed E-state index contributed by atoms with van der Waals surface area (Å²) in [6.07, 6.45) is 5.93. The van der Waals surface area contributed by atoms with Gasteiger partial charge in [0.05, 0.1) is 0 Å². The number of carbonyl (C=O) groups excluding carboxylic acids is 1. The van der Waals surface area contributed by atoms with E-state index >= 15 is 0 Å². The third-order valence-corrected chi connectivity index (χ3v) is 4.65. The first-order valence-electron chi connectivity index (χ1n) is 7.46. The number of halogens is 2. The highest BCUT2D eigenvalue weighted by molar-refractivity contribution is 9.10. The number of nitrogens with zero attached hydrogens (tertiary/aromatic N) is 1. The number of rotatable bonds is 6. The van der Waals surface area contributed by atoms with E-state index in [0.29, 0.717) is 12.3 Å². The zero-order valence-corrected chi connectivity index (χ0v) is 14.7. The molecule has 1 amide bonds. The van der Waals surface area contributed by atoms with E-state index < -0.39 is 0 Å². The fourth-order valence-corrected chi connectivity index (χ4v) is 3.31. The SMILES string of the molecule is Cl.NCCCCCCC(=O)N1CCc2c(Br)cccc2C1. The number of carbonyl (C=O) groups is 1. The summed E-state index contributed by atoms with van der Waals surface area (Å²) in [5.41, 5.74) is 8.11. The van der Waals surface area contributed by atoms with E-state index in [2.05, 4.69) is 28.1 Å². The molecule has 3 nitrogen and oxygen atoms in total. The molecule has 0 aliphatic carbocycles. The summed E-state index contributed by atoms with van der Waals surface area (Å²) in [5.74, 6) is 0.295. The standard InChI is InChI=1S/C16H23BrN2O.ClH/c17-15-7-5-6-13-12-19(11-9-14(13)15)16(20)8-3-1-2-4-10-18;/h5-7H,1-4,8-12,18H2;1H. The van der Waals surface area contributed by atoms with Crippen LogP contribution >= 0.6 is 28.3 Å². The molecule has 0 saturated carbocycles. The number of unbranched alkanes of at least 4 members (excludes halogenated alkanes) is 3. The summed E-state index contributed by atoms with van der Waals surface area (Å²) in [6, 6.07) is 6.25. The lowest BCUT2D eigenvalue weighted by molar-refractivity contribution is -0.132. The van der Waals surface area contributed by atoms with E-state index in [9.17, 15) is 4.79 Å². The van der Waals surface area contributed by atoms with Crippen LogP contribution in [0.15, 0.2) is 22.7 Å². The van der Waals surface area contributed by atoms with E-state index in [4.69, 9.17) is 5.73 Å². The highest BCUT2D eigenvalue weighted by Crippen LogP contribution is 2.26. The molecule has 0 atom stereocenters. The first kappa shape index (κ1) is 18.5. The van der Waals surface area contributed by atoms with Crippen molar-refractivity contribution in [1.29, 1.82) is 0 Å². The first-order valence-corrected chi connectivity index (χ1v) is 8.26. The van der Waals surface area contributed by atoms with Crippen LogP contribution in [0.25, 0.3) is 0 Å². The molecular formula is C16H24BrClN2O. The molecule has 118 valence electrons. The van der Waals surface area contributed by atoms with Crippen molar-refractivity contribution in [2.24, 2.45) is 5.73 Å². The van der Waals surface area contributed by atoms with E-state index in [1.165, 1.54) is 15.6 Å². The number of nitrogens with two attached hydrogens (primary N) is 1. The first-order chi connectivity index (χ1) is 9.72. The molecule has 1 aliphatic rings. The Morgan fingerprint density at radius 3 is 2.76 bits per heavy atom. The zero-order valence-electron chi connectivity index (χ0n) is 12.3. The van der Waals surface area contributed by atoms with E-state index in [1.807, 2.05) is 11.0 Å². The predicted molar refractivity (Wildman–Crippen MR) is 92.7 cm³/mol. The van der Waals surface area contributed by atoms with E-state index in [1.54, 1.807) is 0 Å². The molecule has 5 heteroatoms. The summed E-state index contributed by atoms with van der Waals surface area (Å²) in [7, 11) is 0. The maximum atomic E-state index is 12.2. The fraction of sp³-hybridized carbons (Fsp3) is 0.562. The van der Waals surface area contributed by atoms with Crippen molar-refractivity contribution in [3.63, 3.8) is 0 Å². The monoisotopic (exact) mass is 374 g/mol. The van der Waals surface area contributed by atoms with Crippen LogP contribution in [0, 0.1) is 0 Å². The van der Waals surface area contributed by atoms with Crippen LogP contribution in [0.5, 0.6) is 0 Å². The molecule has 2 rings (SSSR count). The smallest absolute Gasteiger partial charge is 0.222 e. The van der Waals surface area contributed by atoms with Crippen molar-refractivity contribution in [3.05, 3.63) is 33.8 Å². The molecule has 0 saturated heterocycles. The summed E-state index contributed by atoms with van der Waals surface area (Å²) in [5, 5.41) is 0. The summed E-state index contributed by atoms with van der Waals surface area (Å²) in [6.45, 7) is 2.36. The maximum Gasteiger partial charge on any atom is 0.222 e. The van der Waals surface area contributed by atoms with Gasteiger partial charge in [-0.05, 0) is 43.0 Å². The van der Waals surface area contributed by atoms with Crippen LogP contribution in [0.3, 0.4) is 0 Å². The molecule has 0 fully saturated rings. The van der Waals surface area contributed by atoms with Gasteiger partial charge in [0.2, 0.25) is 5.91 Å². The largest absolute Gasteiger partial charge is 0.338 e. The molecule has 1 heterocycles. The fourth-order valence-electron chi connectivity index (χ4n) is 2.71. The predicted octanol–water partition coefficient (Wildman–Crippen LogP) is 3.66. The number of fused-ring (bicyclic) bond motifs is 1. The van der Waals surface area contributed by atoms with Crippen LogP contribution in [-0.4, -0.2) is 23.9 Å². The molecular weight excluding hydrogens is 352 g/mol. The molecule has 0 bridgehead atoms. The Bertz CT molecular complexity index is 468. The van der Waals surface area contributed by atoms with Crippen molar-refractivity contribution >= 4 is 34.2 Å². The van der Waals surface area contributed by atoms with Gasteiger partial charge in [0.25, 0.3) is 0 Å². The van der Waals surface area contributed by atoms with Crippen LogP contribution in [0.4, 0.5) is 0 Å². The van der Waals surface area contributed by atoms with Crippen molar-refractivity contribution < 1.29 is 4.79 Å². The third kappa shape index (κ3) is 5.28. The van der Waals surface area contributed by atoms with Gasteiger partial charge in [0, 0.05) is 24.0 Å². The Kier molecular flexibility index (Phi) is 8.30. The average molecular weight is 376 g/mol. The number of benzene rings is 1. The van der Waals surface area contributed by atoms with Gasteiger partial charge in [-0.15, -0.1) is 12.4 Å². The molecule has 0 radical (unpaired) electrons. The lowest BCUT2D eigenvalue weighted by atomic mass is 9.99. The molecule has 2 N–H and O–H groups in total. The highest BCUT2D eigenvalue weighted by Gasteiger charge is 2.21. The van der Waals surface area contributed by atoms with Gasteiger partial charge in [0.15, 0.2) is 0 Å². The molecule has 0 unspecified atom stereocenters. The minimum atomic E-state index is 0. The number of hydrogen-bond acceptors (Lipinski definition) is 2. The molecule has 1 aromatic rings. The molecule has 0 spiro atoms. The van der Waals surface area contributed by atoms with Crippen LogP contribution < -0.4 is 5.73 Å². The quantitative estimate of drug-likeness (QED) is 0.771. The zero-order chi connectivity index (χ0) is 14.4. The second kappa shape index (κ2) is 9.44. The van der Waals surface area contributed by atoms with Gasteiger partial charge in [-0.2, -0.15) is 0 Å². The topological polar surface area (TPSA) is 46.3 Å². The van der Waals surface area contributed by atoms with Gasteiger partial charge in [-0.25, -0.2) is 0 Å². The minimum Gasteiger partial charge on any atom is -0.338 e. The van der Waals surface area contributed by atoms with Crippen LogP contribution in [-0.2, 0) is 17.8 Å². The van der Waals surface area contributed by atoms with Gasteiger partial charge < -0.3 is 10.6 Å². The van der Waals surface area contributed by atoms with Gasteiger partial charge >= 0.3 is 0 Å². The van der Waals surface area contributed by atoms with Crippen molar-refractivity contribution in [1.82, 2.24) is 4.90 Å². The second-order valence-electron chi connectivity index (χ2n) is 5.40.